The number of thiophene rings is 1. The van der Waals surface area contributed by atoms with E-state index in [0.717, 1.165) is 11.8 Å². The summed E-state index contributed by atoms with van der Waals surface area (Å²) >= 11 is 1.70. The van der Waals surface area contributed by atoms with Crippen LogP contribution in [0.3, 0.4) is 0 Å². The van der Waals surface area contributed by atoms with Crippen molar-refractivity contribution in [1.82, 2.24) is 9.21 Å². The number of carbonyl (C=O) groups is 1. The molecule has 188 valence electrons. The number of hydrogen-bond donors (Lipinski definition) is 1. The number of fused-ring (bicyclic) bond motifs is 1. The highest BCUT2D eigenvalue weighted by atomic mass is 32.3. The van der Waals surface area contributed by atoms with Gasteiger partial charge in [-0.25, -0.2) is 22.0 Å². The topological polar surface area (TPSA) is 179 Å². The van der Waals surface area contributed by atoms with Gasteiger partial charge in [0.05, 0.1) is 11.8 Å². The van der Waals surface area contributed by atoms with E-state index in [-0.39, 0.29) is 57.6 Å². The van der Waals surface area contributed by atoms with Crippen molar-refractivity contribution in [3.8, 4) is 0 Å². The van der Waals surface area contributed by atoms with Gasteiger partial charge in [-0.15, -0.1) is 21.5 Å². The zero-order valence-corrected chi connectivity index (χ0v) is 21.3. The van der Waals surface area contributed by atoms with Crippen molar-refractivity contribution in [2.24, 2.45) is 5.14 Å². The molecule has 0 saturated heterocycles. The summed E-state index contributed by atoms with van der Waals surface area (Å²) in [6.45, 7) is 2.21. The van der Waals surface area contributed by atoms with E-state index in [2.05, 4.69) is 4.84 Å². The van der Waals surface area contributed by atoms with Gasteiger partial charge in [0, 0.05) is 44.7 Å². The predicted octanol–water partition coefficient (Wildman–Crippen LogP) is 0.267. The second kappa shape index (κ2) is 11.8. The SMILES string of the molecule is CCN(C(=O)CSCCO[N+](=O)[O-])[C@H]1CN(CCCOC)S(=O)(=O)c2sc(S(N)(=O)=O)cc21. The molecule has 0 aromatic carbocycles. The van der Waals surface area contributed by atoms with Crippen LogP contribution in [0.25, 0.3) is 0 Å². The van der Waals surface area contributed by atoms with Crippen LogP contribution >= 0.6 is 23.1 Å². The number of nitrogens with zero attached hydrogens (tertiary/aromatic N) is 3. The minimum Gasteiger partial charge on any atom is -0.385 e. The molecule has 33 heavy (non-hydrogen) atoms. The second-order valence-electron chi connectivity index (χ2n) is 6.87. The molecule has 0 saturated carbocycles. The Morgan fingerprint density at radius 2 is 2.15 bits per heavy atom. The number of sulfonamides is 2. The summed E-state index contributed by atoms with van der Waals surface area (Å²) in [4.78, 5) is 28.8. The molecule has 1 amide bonds. The molecular formula is C16H26N4O9S4. The number of rotatable bonds is 13. The molecule has 1 aliphatic rings. The molecule has 1 atom stereocenters. The maximum Gasteiger partial charge on any atom is 0.294 e. The van der Waals surface area contributed by atoms with E-state index in [1.807, 2.05) is 0 Å². The van der Waals surface area contributed by atoms with Gasteiger partial charge in [-0.1, -0.05) is 0 Å². The summed E-state index contributed by atoms with van der Waals surface area (Å²) < 4.78 is 55.9. The summed E-state index contributed by atoms with van der Waals surface area (Å²) in [7, 11) is -6.64. The third-order valence-corrected chi connectivity index (χ3v) is 10.6. The van der Waals surface area contributed by atoms with E-state index in [1.54, 1.807) is 6.92 Å². The number of primary sulfonamides is 1. The maximum atomic E-state index is 13.1. The molecule has 0 spiro atoms. The maximum absolute atomic E-state index is 13.1. The zero-order valence-electron chi connectivity index (χ0n) is 18.0. The molecule has 17 heteroatoms. The van der Waals surface area contributed by atoms with Gasteiger partial charge in [0.2, 0.25) is 15.9 Å². The normalized spacial score (nSPS) is 18.0. The fraction of sp³-hybridized carbons (Fsp3) is 0.688. The molecule has 2 N–H and O–H groups in total. The number of methoxy groups -OCH3 is 1. The largest absolute Gasteiger partial charge is 0.385 e. The lowest BCUT2D eigenvalue weighted by Gasteiger charge is -2.38. The average molecular weight is 547 g/mol. The first-order valence-corrected chi connectivity index (χ1v) is 14.7. The highest BCUT2D eigenvalue weighted by Gasteiger charge is 2.42. The highest BCUT2D eigenvalue weighted by molar-refractivity contribution is 7.99. The standard InChI is InChI=1S/C16H26N4O9S4/c1-3-19(14(21)11-30-8-7-29-20(22)23)13-10-18(5-4-6-28-2)33(26,27)16-12(13)9-15(31-16)32(17,24)25/h9,13H,3-8,10-11H2,1-2H3,(H2,17,24,25)/t13-/m0/s1. The van der Waals surface area contributed by atoms with Crippen molar-refractivity contribution in [2.45, 2.75) is 27.8 Å². The Kier molecular flexibility index (Phi) is 9.89. The molecule has 13 nitrogen and oxygen atoms in total. The molecule has 0 bridgehead atoms. The Hall–Kier alpha value is -1.50. The van der Waals surface area contributed by atoms with Gasteiger partial charge in [0.25, 0.3) is 15.1 Å². The number of nitrogens with two attached hydrogens (primary N) is 1. The van der Waals surface area contributed by atoms with E-state index < -0.39 is 31.2 Å². The van der Waals surface area contributed by atoms with Crippen molar-refractivity contribution < 1.29 is 36.3 Å². The molecule has 1 aromatic rings. The van der Waals surface area contributed by atoms with Crippen molar-refractivity contribution in [3.63, 3.8) is 0 Å². The minimum atomic E-state index is -4.15. The van der Waals surface area contributed by atoms with Crippen molar-refractivity contribution in [2.75, 3.05) is 51.5 Å². The summed E-state index contributed by atoms with van der Waals surface area (Å²) in [5.74, 6) is -0.117. The molecule has 1 aliphatic heterocycles. The third-order valence-electron chi connectivity index (χ3n) is 4.74. The molecule has 2 heterocycles. The highest BCUT2D eigenvalue weighted by Crippen LogP contribution is 2.42. The Labute approximate surface area is 200 Å². The number of thioether (sulfide) groups is 1. The average Bonchev–Trinajstić information content (AvgIpc) is 3.18. The summed E-state index contributed by atoms with van der Waals surface area (Å²) in [5, 5.41) is 14.5. The Balaban J connectivity index is 2.33. The smallest absolute Gasteiger partial charge is 0.294 e. The summed E-state index contributed by atoms with van der Waals surface area (Å²) in [5.41, 5.74) is 0.212. The van der Waals surface area contributed by atoms with Crippen LogP contribution in [0.2, 0.25) is 0 Å². The van der Waals surface area contributed by atoms with Gasteiger partial charge in [0.15, 0.2) is 0 Å². The van der Waals surface area contributed by atoms with E-state index in [9.17, 15) is 31.7 Å². The monoisotopic (exact) mass is 546 g/mol. The number of ether oxygens (including phenoxy) is 1. The molecule has 0 fully saturated rings. The van der Waals surface area contributed by atoms with E-state index in [0.29, 0.717) is 24.4 Å². The van der Waals surface area contributed by atoms with Crippen LogP contribution in [0.15, 0.2) is 14.5 Å². The lowest BCUT2D eigenvalue weighted by atomic mass is 10.1. The Bertz CT molecular complexity index is 1060. The van der Waals surface area contributed by atoms with Crippen LogP contribution in [-0.2, 0) is 34.4 Å². The quantitative estimate of drug-likeness (QED) is 0.205. The van der Waals surface area contributed by atoms with Crippen LogP contribution in [0.4, 0.5) is 0 Å². The summed E-state index contributed by atoms with van der Waals surface area (Å²) in [6, 6.07) is 0.504. The van der Waals surface area contributed by atoms with Crippen molar-refractivity contribution >= 4 is 49.1 Å². The molecule has 0 unspecified atom stereocenters. The molecule has 0 aliphatic carbocycles. The van der Waals surface area contributed by atoms with E-state index >= 15 is 0 Å². The van der Waals surface area contributed by atoms with Crippen molar-refractivity contribution in [3.05, 3.63) is 21.7 Å². The number of hydrogen-bond acceptors (Lipinski definition) is 11. The lowest BCUT2D eigenvalue weighted by Crippen LogP contribution is -2.47. The van der Waals surface area contributed by atoms with Crippen LogP contribution < -0.4 is 5.14 Å². The van der Waals surface area contributed by atoms with E-state index in [1.165, 1.54) is 22.4 Å². The van der Waals surface area contributed by atoms with Gasteiger partial charge in [-0.3, -0.25) is 4.79 Å². The number of carbonyl (C=O) groups excluding carboxylic acids is 1. The van der Waals surface area contributed by atoms with Crippen LogP contribution in [0.5, 0.6) is 0 Å². The molecule has 1 aromatic heterocycles. The van der Waals surface area contributed by atoms with Crippen molar-refractivity contribution in [1.29, 1.82) is 0 Å². The molecule has 2 rings (SSSR count). The Morgan fingerprint density at radius 1 is 1.45 bits per heavy atom. The molecule has 0 radical (unpaired) electrons. The zero-order chi connectivity index (χ0) is 24.8. The Morgan fingerprint density at radius 3 is 2.73 bits per heavy atom. The molecular weight excluding hydrogens is 520 g/mol. The van der Waals surface area contributed by atoms with Crippen LogP contribution in [0.1, 0.15) is 24.9 Å². The van der Waals surface area contributed by atoms with Gasteiger partial charge in [0.1, 0.15) is 15.0 Å². The van der Waals surface area contributed by atoms with Gasteiger partial charge < -0.3 is 14.5 Å². The van der Waals surface area contributed by atoms with E-state index in [4.69, 9.17) is 9.88 Å². The van der Waals surface area contributed by atoms with Gasteiger partial charge in [-0.2, -0.15) is 16.1 Å². The second-order valence-corrected chi connectivity index (χ2v) is 12.9. The first-order valence-electron chi connectivity index (χ1n) is 9.73. The minimum absolute atomic E-state index is 0.0106. The van der Waals surface area contributed by atoms with Gasteiger partial charge in [-0.05, 0) is 19.4 Å². The first kappa shape index (κ1) is 27.7. The lowest BCUT2D eigenvalue weighted by molar-refractivity contribution is -0.756. The fourth-order valence-corrected chi connectivity index (χ4v) is 8.26. The van der Waals surface area contributed by atoms with Crippen LogP contribution in [-0.4, -0.2) is 88.5 Å². The number of likely N-dealkylation sites (N-methyl/N-ethyl adjacent to an activating group) is 1. The third kappa shape index (κ3) is 7.00. The summed E-state index contributed by atoms with van der Waals surface area (Å²) in [6.07, 6.45) is 0.414. The fourth-order valence-electron chi connectivity index (χ4n) is 3.29. The first-order chi connectivity index (χ1) is 15.4. The predicted molar refractivity (Wildman–Crippen MR) is 121 cm³/mol. The van der Waals surface area contributed by atoms with Crippen LogP contribution in [0, 0.1) is 10.1 Å². The van der Waals surface area contributed by atoms with Gasteiger partial charge >= 0.3 is 0 Å². The number of amides is 1.